The van der Waals surface area contributed by atoms with E-state index in [1.165, 1.54) is 57.8 Å². The summed E-state index contributed by atoms with van der Waals surface area (Å²) in [6.45, 7) is 5.38. The Morgan fingerprint density at radius 3 is 1.22 bits per heavy atom. The highest BCUT2D eigenvalue weighted by Crippen LogP contribution is 2.12. The zero-order valence-electron chi connectivity index (χ0n) is 21.3. The van der Waals surface area contributed by atoms with Crippen LogP contribution in [-0.4, -0.2) is 25.2 Å². The summed E-state index contributed by atoms with van der Waals surface area (Å²) < 4.78 is 10.3. The minimum absolute atomic E-state index is 0.0220. The summed E-state index contributed by atoms with van der Waals surface area (Å²) in [4.78, 5) is 23.0. The van der Waals surface area contributed by atoms with E-state index in [2.05, 4.69) is 26.0 Å². The molecule has 0 unspecified atom stereocenters. The number of rotatable bonds is 24. The molecule has 4 nitrogen and oxygen atoms in total. The first-order valence-electron chi connectivity index (χ1n) is 13.7. The van der Waals surface area contributed by atoms with Crippen LogP contribution in [-0.2, 0) is 19.1 Å². The topological polar surface area (TPSA) is 52.6 Å². The maximum absolute atomic E-state index is 11.5. The van der Waals surface area contributed by atoms with Gasteiger partial charge in [-0.3, -0.25) is 9.59 Å². The molecular weight excluding hydrogens is 400 g/mol. The third kappa shape index (κ3) is 24.9. The summed E-state index contributed by atoms with van der Waals surface area (Å²) in [5, 5.41) is 0. The van der Waals surface area contributed by atoms with E-state index >= 15 is 0 Å². The Morgan fingerprint density at radius 1 is 0.500 bits per heavy atom. The van der Waals surface area contributed by atoms with Crippen molar-refractivity contribution in [2.75, 3.05) is 13.2 Å². The van der Waals surface area contributed by atoms with Gasteiger partial charge in [-0.25, -0.2) is 0 Å². The zero-order chi connectivity index (χ0) is 23.5. The first-order valence-corrected chi connectivity index (χ1v) is 13.7. The normalized spacial score (nSPS) is 11.2. The fourth-order valence-electron chi connectivity index (χ4n) is 3.52. The molecule has 0 atom stereocenters. The highest BCUT2D eigenvalue weighted by atomic mass is 16.5. The number of ether oxygens (including phenoxy) is 2. The van der Waals surface area contributed by atoms with Crippen molar-refractivity contribution < 1.29 is 19.1 Å². The largest absolute Gasteiger partial charge is 0.466 e. The molecule has 0 aromatic rings. The van der Waals surface area contributed by atoms with Crippen LogP contribution in [0.4, 0.5) is 0 Å². The molecule has 0 amide bonds. The number of carbonyl (C=O) groups excluding carboxylic acids is 2. The summed E-state index contributed by atoms with van der Waals surface area (Å²) in [6.07, 6.45) is 26.7. The van der Waals surface area contributed by atoms with Gasteiger partial charge in [0.2, 0.25) is 0 Å². The zero-order valence-corrected chi connectivity index (χ0v) is 21.3. The number of hydrogen-bond donors (Lipinski definition) is 0. The molecule has 0 aliphatic carbocycles. The number of unbranched alkanes of at least 4 members (excludes halogenated alkanes) is 14. The smallest absolute Gasteiger partial charge is 0.305 e. The van der Waals surface area contributed by atoms with Gasteiger partial charge in [0.05, 0.1) is 13.2 Å². The minimum Gasteiger partial charge on any atom is -0.466 e. The first kappa shape index (κ1) is 30.7. The molecule has 0 aliphatic heterocycles. The number of carbonyl (C=O) groups is 2. The molecule has 0 radical (unpaired) electrons. The Hall–Kier alpha value is -1.32. The van der Waals surface area contributed by atoms with Crippen LogP contribution >= 0.6 is 0 Å². The molecule has 0 fully saturated rings. The van der Waals surface area contributed by atoms with Gasteiger partial charge in [-0.1, -0.05) is 90.2 Å². The molecule has 188 valence electrons. The third-order valence-electron chi connectivity index (χ3n) is 5.69. The van der Waals surface area contributed by atoms with Crippen LogP contribution in [0, 0.1) is 0 Å². The molecule has 0 rings (SSSR count). The second kappa shape index (κ2) is 25.9. The summed E-state index contributed by atoms with van der Waals surface area (Å²) in [6, 6.07) is 0. The van der Waals surface area contributed by atoms with E-state index in [4.69, 9.17) is 9.47 Å². The lowest BCUT2D eigenvalue weighted by molar-refractivity contribution is -0.144. The molecule has 0 aliphatic rings. The highest BCUT2D eigenvalue weighted by Gasteiger charge is 2.02. The molecule has 32 heavy (non-hydrogen) atoms. The Morgan fingerprint density at radius 2 is 0.844 bits per heavy atom. The lowest BCUT2D eigenvalue weighted by Gasteiger charge is -2.04. The summed E-state index contributed by atoms with van der Waals surface area (Å²) in [7, 11) is 0. The van der Waals surface area contributed by atoms with E-state index in [1.54, 1.807) is 0 Å². The predicted octanol–water partition coefficient (Wildman–Crippen LogP) is 8.47. The third-order valence-corrected chi connectivity index (χ3v) is 5.69. The molecular formula is C28H52O4. The molecule has 0 saturated heterocycles. The fraction of sp³-hybridized carbons (Fsp3) is 0.857. The maximum Gasteiger partial charge on any atom is 0.305 e. The van der Waals surface area contributed by atoms with Gasteiger partial charge in [-0.05, 0) is 51.4 Å². The van der Waals surface area contributed by atoms with E-state index in [0.717, 1.165) is 57.8 Å². The number of allylic oxidation sites excluding steroid dienone is 2. The van der Waals surface area contributed by atoms with Crippen LogP contribution in [0.25, 0.3) is 0 Å². The van der Waals surface area contributed by atoms with Crippen LogP contribution in [0.15, 0.2) is 12.2 Å². The monoisotopic (exact) mass is 452 g/mol. The van der Waals surface area contributed by atoms with Crippen LogP contribution in [0.5, 0.6) is 0 Å². The molecule has 0 aromatic carbocycles. The van der Waals surface area contributed by atoms with E-state index in [9.17, 15) is 9.59 Å². The number of hydrogen-bond acceptors (Lipinski definition) is 4. The van der Waals surface area contributed by atoms with Crippen molar-refractivity contribution in [2.24, 2.45) is 0 Å². The summed E-state index contributed by atoms with van der Waals surface area (Å²) in [5.74, 6) is -0.0515. The van der Waals surface area contributed by atoms with Gasteiger partial charge in [-0.2, -0.15) is 0 Å². The second-order valence-electron chi connectivity index (χ2n) is 8.94. The minimum atomic E-state index is -0.0295. The van der Waals surface area contributed by atoms with Crippen LogP contribution in [0.2, 0.25) is 0 Å². The van der Waals surface area contributed by atoms with Gasteiger partial charge in [0, 0.05) is 12.8 Å². The molecule has 0 bridgehead atoms. The molecule has 0 saturated carbocycles. The van der Waals surface area contributed by atoms with Crippen molar-refractivity contribution in [2.45, 2.75) is 142 Å². The first-order chi connectivity index (χ1) is 15.7. The van der Waals surface area contributed by atoms with Gasteiger partial charge in [0.1, 0.15) is 0 Å². The molecule has 4 heteroatoms. The second-order valence-corrected chi connectivity index (χ2v) is 8.94. The van der Waals surface area contributed by atoms with Crippen LogP contribution in [0.1, 0.15) is 142 Å². The van der Waals surface area contributed by atoms with Gasteiger partial charge >= 0.3 is 11.9 Å². The lowest BCUT2D eigenvalue weighted by Crippen LogP contribution is -2.05. The van der Waals surface area contributed by atoms with Crippen molar-refractivity contribution in [3.63, 3.8) is 0 Å². The average molecular weight is 453 g/mol. The van der Waals surface area contributed by atoms with Gasteiger partial charge < -0.3 is 9.47 Å². The standard InChI is InChI=1S/C28H52O4/c1-3-5-25-31-27(29)23-21-19-17-15-13-11-9-7-8-10-12-14-16-18-20-22-24-28(30)32-26-6-4-2/h9,11H,3-8,10,12-26H2,1-2H3/b11-9+. The van der Waals surface area contributed by atoms with Crippen LogP contribution < -0.4 is 0 Å². The van der Waals surface area contributed by atoms with E-state index < -0.39 is 0 Å². The Bertz CT molecular complexity index is 445. The van der Waals surface area contributed by atoms with Crippen molar-refractivity contribution in [1.29, 1.82) is 0 Å². The SMILES string of the molecule is CCCCOC(=O)CCCCCC/C=C/CCCCCCCCCCC(=O)OCCCC. The molecule has 0 heterocycles. The van der Waals surface area contributed by atoms with Crippen molar-refractivity contribution in [3.05, 3.63) is 12.2 Å². The molecule has 0 aromatic heterocycles. The van der Waals surface area contributed by atoms with Crippen molar-refractivity contribution >= 4 is 11.9 Å². The van der Waals surface area contributed by atoms with Gasteiger partial charge in [0.15, 0.2) is 0 Å². The highest BCUT2D eigenvalue weighted by molar-refractivity contribution is 5.69. The predicted molar refractivity (Wildman–Crippen MR) is 135 cm³/mol. The summed E-state index contributed by atoms with van der Waals surface area (Å²) >= 11 is 0. The van der Waals surface area contributed by atoms with Crippen molar-refractivity contribution in [1.82, 2.24) is 0 Å². The quantitative estimate of drug-likeness (QED) is 0.0837. The van der Waals surface area contributed by atoms with Gasteiger partial charge in [0.25, 0.3) is 0 Å². The van der Waals surface area contributed by atoms with E-state index in [0.29, 0.717) is 26.1 Å². The fourth-order valence-corrected chi connectivity index (χ4v) is 3.52. The molecule has 0 N–H and O–H groups in total. The van der Waals surface area contributed by atoms with E-state index in [-0.39, 0.29) is 11.9 Å². The van der Waals surface area contributed by atoms with E-state index in [1.807, 2.05) is 0 Å². The van der Waals surface area contributed by atoms with Crippen LogP contribution in [0.3, 0.4) is 0 Å². The maximum atomic E-state index is 11.5. The number of esters is 2. The van der Waals surface area contributed by atoms with Crippen molar-refractivity contribution in [3.8, 4) is 0 Å². The molecule has 0 spiro atoms. The van der Waals surface area contributed by atoms with Gasteiger partial charge in [-0.15, -0.1) is 0 Å². The lowest BCUT2D eigenvalue weighted by atomic mass is 10.1. The summed E-state index contributed by atoms with van der Waals surface area (Å²) in [5.41, 5.74) is 0. The average Bonchev–Trinajstić information content (AvgIpc) is 2.78. The Kier molecular flexibility index (Phi) is 24.9. The Balaban J connectivity index is 3.22. The Labute approximate surface area is 198 Å².